The van der Waals surface area contributed by atoms with Crippen LogP contribution in [0.5, 0.6) is 0 Å². The molecule has 2 aromatic heterocycles. The summed E-state index contributed by atoms with van der Waals surface area (Å²) in [6.45, 7) is 0.724. The van der Waals surface area contributed by atoms with Gasteiger partial charge >= 0.3 is 0 Å². The Kier molecular flexibility index (Phi) is 5.35. The molecule has 4 heteroatoms. The number of anilines is 1. The molecule has 0 spiro atoms. The maximum Gasteiger partial charge on any atom is 0.163 e. The first-order chi connectivity index (χ1) is 15.4. The van der Waals surface area contributed by atoms with E-state index >= 15 is 0 Å². The lowest BCUT2D eigenvalue weighted by Gasteiger charge is -2.20. The molecule has 0 unspecified atom stereocenters. The van der Waals surface area contributed by atoms with E-state index in [2.05, 4.69) is 77.0 Å². The van der Waals surface area contributed by atoms with Crippen molar-refractivity contribution in [1.82, 2.24) is 15.0 Å². The summed E-state index contributed by atoms with van der Waals surface area (Å²) in [5.74, 6) is 1.71. The summed E-state index contributed by atoms with van der Waals surface area (Å²) >= 11 is 0. The van der Waals surface area contributed by atoms with Crippen LogP contribution in [0, 0.1) is 0 Å². The summed E-state index contributed by atoms with van der Waals surface area (Å²) in [7, 11) is 0. The van der Waals surface area contributed by atoms with E-state index in [0.717, 1.165) is 28.8 Å². The van der Waals surface area contributed by atoms with Gasteiger partial charge in [-0.25, -0.2) is 9.97 Å². The average molecular weight is 403 g/mol. The Labute approximate surface area is 181 Å². The highest BCUT2D eigenvalue weighted by molar-refractivity contribution is 5.90. The van der Waals surface area contributed by atoms with Crippen molar-refractivity contribution in [3.8, 4) is 11.4 Å². The number of para-hydroxylation sites is 1. The monoisotopic (exact) mass is 402 g/mol. The topological polar surface area (TPSA) is 50.7 Å². The van der Waals surface area contributed by atoms with Gasteiger partial charge in [-0.05, 0) is 35.4 Å². The molecular formula is C27H22N4. The number of benzene rings is 3. The highest BCUT2D eigenvalue weighted by Crippen LogP contribution is 2.28. The van der Waals surface area contributed by atoms with Crippen LogP contribution in [0.1, 0.15) is 17.0 Å². The summed E-state index contributed by atoms with van der Waals surface area (Å²) in [5, 5.41) is 4.63. The molecule has 5 aromatic rings. The molecule has 5 rings (SSSR count). The minimum absolute atomic E-state index is 0.206. The highest BCUT2D eigenvalue weighted by Gasteiger charge is 2.16. The van der Waals surface area contributed by atoms with Gasteiger partial charge in [0.1, 0.15) is 5.82 Å². The van der Waals surface area contributed by atoms with Crippen LogP contribution in [0.25, 0.3) is 22.3 Å². The summed E-state index contributed by atoms with van der Waals surface area (Å²) in [5.41, 5.74) is 4.35. The zero-order chi connectivity index (χ0) is 20.9. The van der Waals surface area contributed by atoms with Crippen LogP contribution in [0.2, 0.25) is 0 Å². The third kappa shape index (κ3) is 4.14. The van der Waals surface area contributed by atoms with Gasteiger partial charge < -0.3 is 5.32 Å². The number of hydrogen-bond acceptors (Lipinski definition) is 4. The van der Waals surface area contributed by atoms with Gasteiger partial charge in [0.2, 0.25) is 0 Å². The SMILES string of the molecule is c1ccc(C(CNc2nc(-c3cccnc3)nc3ccccc23)c2ccccc2)cc1. The zero-order valence-electron chi connectivity index (χ0n) is 17.0. The van der Waals surface area contributed by atoms with Gasteiger partial charge in [0.15, 0.2) is 5.82 Å². The fraction of sp³-hybridized carbons (Fsp3) is 0.0741. The van der Waals surface area contributed by atoms with Crippen molar-refractivity contribution in [1.29, 1.82) is 0 Å². The molecule has 0 atom stereocenters. The van der Waals surface area contributed by atoms with Crippen molar-refractivity contribution >= 4 is 16.7 Å². The first kappa shape index (κ1) is 18.9. The van der Waals surface area contributed by atoms with Gasteiger partial charge in [-0.3, -0.25) is 4.98 Å². The van der Waals surface area contributed by atoms with E-state index in [4.69, 9.17) is 9.97 Å². The number of hydrogen-bond donors (Lipinski definition) is 1. The minimum atomic E-state index is 0.206. The fourth-order valence-corrected chi connectivity index (χ4v) is 3.83. The molecule has 2 heterocycles. The zero-order valence-corrected chi connectivity index (χ0v) is 17.0. The lowest BCUT2D eigenvalue weighted by atomic mass is 9.91. The van der Waals surface area contributed by atoms with Crippen molar-refractivity contribution in [2.75, 3.05) is 11.9 Å². The number of pyridine rings is 1. The Balaban J connectivity index is 1.53. The van der Waals surface area contributed by atoms with Crippen molar-refractivity contribution in [3.05, 3.63) is 121 Å². The molecule has 31 heavy (non-hydrogen) atoms. The van der Waals surface area contributed by atoms with E-state index in [1.165, 1.54) is 11.1 Å². The Bertz CT molecular complexity index is 1230. The number of aromatic nitrogens is 3. The van der Waals surface area contributed by atoms with Crippen molar-refractivity contribution in [2.24, 2.45) is 0 Å². The maximum atomic E-state index is 4.87. The van der Waals surface area contributed by atoms with Gasteiger partial charge in [0.25, 0.3) is 0 Å². The van der Waals surface area contributed by atoms with E-state index < -0.39 is 0 Å². The smallest absolute Gasteiger partial charge is 0.163 e. The van der Waals surface area contributed by atoms with Gasteiger partial charge in [0, 0.05) is 35.8 Å². The summed E-state index contributed by atoms with van der Waals surface area (Å²) in [6.07, 6.45) is 3.55. The van der Waals surface area contributed by atoms with Crippen LogP contribution in [-0.4, -0.2) is 21.5 Å². The minimum Gasteiger partial charge on any atom is -0.368 e. The average Bonchev–Trinajstić information content (AvgIpc) is 2.86. The van der Waals surface area contributed by atoms with Crippen LogP contribution in [0.4, 0.5) is 5.82 Å². The summed E-state index contributed by atoms with van der Waals surface area (Å²) < 4.78 is 0. The van der Waals surface area contributed by atoms with Crippen molar-refractivity contribution < 1.29 is 0 Å². The Hall–Kier alpha value is -4.05. The molecule has 0 fully saturated rings. The third-order valence-electron chi connectivity index (χ3n) is 5.40. The number of fused-ring (bicyclic) bond motifs is 1. The lowest BCUT2D eigenvalue weighted by molar-refractivity contribution is 0.849. The third-order valence-corrected chi connectivity index (χ3v) is 5.40. The van der Waals surface area contributed by atoms with Gasteiger partial charge in [-0.1, -0.05) is 72.8 Å². The van der Waals surface area contributed by atoms with E-state index in [1.54, 1.807) is 12.4 Å². The van der Waals surface area contributed by atoms with E-state index in [9.17, 15) is 0 Å². The lowest BCUT2D eigenvalue weighted by Crippen LogP contribution is -2.15. The summed E-state index contributed by atoms with van der Waals surface area (Å²) in [4.78, 5) is 13.9. The van der Waals surface area contributed by atoms with Crippen LogP contribution in [-0.2, 0) is 0 Å². The van der Waals surface area contributed by atoms with Crippen LogP contribution in [0.15, 0.2) is 109 Å². The molecule has 0 aliphatic heterocycles. The van der Waals surface area contributed by atoms with Crippen LogP contribution < -0.4 is 5.32 Å². The number of nitrogens with zero attached hydrogens (tertiary/aromatic N) is 3. The number of nitrogens with one attached hydrogen (secondary N) is 1. The van der Waals surface area contributed by atoms with Crippen LogP contribution in [0.3, 0.4) is 0 Å². The Morgan fingerprint density at radius 2 is 1.35 bits per heavy atom. The largest absolute Gasteiger partial charge is 0.368 e. The molecule has 0 saturated carbocycles. The summed E-state index contributed by atoms with van der Waals surface area (Å²) in [6, 6.07) is 33.2. The fourth-order valence-electron chi connectivity index (χ4n) is 3.83. The van der Waals surface area contributed by atoms with Gasteiger partial charge in [-0.2, -0.15) is 0 Å². The number of rotatable bonds is 6. The molecule has 4 nitrogen and oxygen atoms in total. The molecule has 0 bridgehead atoms. The predicted octanol–water partition coefficient (Wildman–Crippen LogP) is 5.94. The normalized spacial score (nSPS) is 11.0. The Morgan fingerprint density at radius 1 is 0.677 bits per heavy atom. The first-order valence-corrected chi connectivity index (χ1v) is 10.4. The van der Waals surface area contributed by atoms with Gasteiger partial charge in [0.05, 0.1) is 5.52 Å². The molecule has 0 aliphatic carbocycles. The standard InChI is InChI=1S/C27H22N4/c1-3-10-20(11-4-1)24(21-12-5-2-6-13-21)19-29-27-23-15-7-8-16-25(23)30-26(31-27)22-14-9-17-28-18-22/h1-18,24H,19H2,(H,29,30,31). The molecule has 0 aliphatic rings. The van der Waals surface area contributed by atoms with Crippen molar-refractivity contribution in [2.45, 2.75) is 5.92 Å². The molecular weight excluding hydrogens is 380 g/mol. The van der Waals surface area contributed by atoms with E-state index in [0.29, 0.717) is 5.82 Å². The van der Waals surface area contributed by atoms with Gasteiger partial charge in [-0.15, -0.1) is 0 Å². The molecule has 3 aromatic carbocycles. The van der Waals surface area contributed by atoms with E-state index in [1.807, 2.05) is 30.3 Å². The quantitative estimate of drug-likeness (QED) is 0.382. The van der Waals surface area contributed by atoms with Crippen molar-refractivity contribution in [3.63, 3.8) is 0 Å². The second-order valence-corrected chi connectivity index (χ2v) is 7.41. The second kappa shape index (κ2) is 8.76. The van der Waals surface area contributed by atoms with E-state index in [-0.39, 0.29) is 5.92 Å². The Morgan fingerprint density at radius 3 is 2.03 bits per heavy atom. The molecule has 0 radical (unpaired) electrons. The molecule has 0 amide bonds. The molecule has 1 N–H and O–H groups in total. The predicted molar refractivity (Wildman–Crippen MR) is 126 cm³/mol. The maximum absolute atomic E-state index is 4.87. The highest BCUT2D eigenvalue weighted by atomic mass is 15.0. The molecule has 150 valence electrons. The first-order valence-electron chi connectivity index (χ1n) is 10.4. The van der Waals surface area contributed by atoms with Crippen LogP contribution >= 0.6 is 0 Å². The second-order valence-electron chi connectivity index (χ2n) is 7.41. The molecule has 0 saturated heterocycles.